The van der Waals surface area contributed by atoms with Crippen molar-refractivity contribution in [1.82, 2.24) is 9.80 Å². The predicted molar refractivity (Wildman–Crippen MR) is 128 cm³/mol. The smallest absolute Gasteiger partial charge is 0.237 e. The molecule has 0 aromatic heterocycles. The predicted octanol–water partition coefficient (Wildman–Crippen LogP) is 3.81. The van der Waals surface area contributed by atoms with Crippen molar-refractivity contribution in [3.05, 3.63) is 53.1 Å². The van der Waals surface area contributed by atoms with Gasteiger partial charge < -0.3 is 19.3 Å². The summed E-state index contributed by atoms with van der Waals surface area (Å²) in [6.45, 7) is 9.34. The van der Waals surface area contributed by atoms with Gasteiger partial charge in [-0.15, -0.1) is 0 Å². The summed E-state index contributed by atoms with van der Waals surface area (Å²) in [5, 5.41) is 0. The summed E-state index contributed by atoms with van der Waals surface area (Å²) in [6.07, 6.45) is 1.97. The maximum Gasteiger partial charge on any atom is 0.237 e. The Balaban J connectivity index is 1.40. The van der Waals surface area contributed by atoms with Crippen molar-refractivity contribution < 1.29 is 14.3 Å². The van der Waals surface area contributed by atoms with Crippen LogP contribution in [0, 0.1) is 13.8 Å². The molecule has 0 spiro atoms. The zero-order valence-electron chi connectivity index (χ0n) is 19.8. The minimum absolute atomic E-state index is 0.0452. The van der Waals surface area contributed by atoms with E-state index in [-0.39, 0.29) is 11.9 Å². The van der Waals surface area contributed by atoms with Gasteiger partial charge in [0.1, 0.15) is 11.5 Å². The molecule has 2 heterocycles. The fourth-order valence-corrected chi connectivity index (χ4v) is 5.00. The number of methoxy groups -OCH3 is 2. The molecule has 0 saturated carbocycles. The van der Waals surface area contributed by atoms with E-state index in [1.165, 1.54) is 16.8 Å². The molecule has 1 atom stereocenters. The number of hydrogen-bond donors (Lipinski definition) is 0. The van der Waals surface area contributed by atoms with Crippen molar-refractivity contribution in [3.63, 3.8) is 0 Å². The topological polar surface area (TPSA) is 45.3 Å². The summed E-state index contributed by atoms with van der Waals surface area (Å²) in [7, 11) is 3.35. The molecule has 2 saturated heterocycles. The molecule has 1 unspecified atom stereocenters. The lowest BCUT2D eigenvalue weighted by Gasteiger charge is -2.37. The van der Waals surface area contributed by atoms with Gasteiger partial charge in [-0.25, -0.2) is 0 Å². The third-order valence-electron chi connectivity index (χ3n) is 7.02. The number of carbonyl (C=O) groups excluding carboxylic acids is 1. The van der Waals surface area contributed by atoms with E-state index in [0.717, 1.165) is 62.6 Å². The van der Waals surface area contributed by atoms with Crippen molar-refractivity contribution in [3.8, 4) is 11.5 Å². The molecular formula is C26H35N3O3. The van der Waals surface area contributed by atoms with Crippen molar-refractivity contribution >= 4 is 11.6 Å². The Morgan fingerprint density at radius 2 is 1.78 bits per heavy atom. The standard InChI is InChI=1S/C26H35N3O3/c1-19-7-5-8-23(20(19)2)28-15-13-27(14-16-28)18-26(30)29-12-6-9-24(29)22-17-21(31-3)10-11-25(22)32-4/h5,7-8,10-11,17,24H,6,9,12-16,18H2,1-4H3. The first-order valence-electron chi connectivity index (χ1n) is 11.6. The lowest BCUT2D eigenvalue weighted by Crippen LogP contribution is -2.50. The second-order valence-corrected chi connectivity index (χ2v) is 8.84. The molecule has 2 aromatic rings. The highest BCUT2D eigenvalue weighted by atomic mass is 16.5. The largest absolute Gasteiger partial charge is 0.497 e. The van der Waals surface area contributed by atoms with Gasteiger partial charge in [0.2, 0.25) is 5.91 Å². The van der Waals surface area contributed by atoms with Gasteiger partial charge in [-0.2, -0.15) is 0 Å². The summed E-state index contributed by atoms with van der Waals surface area (Å²) >= 11 is 0. The van der Waals surface area contributed by atoms with E-state index in [0.29, 0.717) is 6.54 Å². The third kappa shape index (κ3) is 4.56. The fourth-order valence-electron chi connectivity index (χ4n) is 5.00. The quantitative estimate of drug-likeness (QED) is 0.688. The number of rotatable bonds is 6. The van der Waals surface area contributed by atoms with E-state index in [2.05, 4.69) is 41.8 Å². The average Bonchev–Trinajstić information content (AvgIpc) is 3.31. The van der Waals surface area contributed by atoms with Crippen LogP contribution < -0.4 is 14.4 Å². The lowest BCUT2D eigenvalue weighted by molar-refractivity contribution is -0.133. The molecule has 32 heavy (non-hydrogen) atoms. The van der Waals surface area contributed by atoms with Crippen LogP contribution in [0.25, 0.3) is 0 Å². The molecule has 0 radical (unpaired) electrons. The van der Waals surface area contributed by atoms with E-state index < -0.39 is 0 Å². The Kier molecular flexibility index (Phi) is 6.89. The number of carbonyl (C=O) groups is 1. The molecule has 172 valence electrons. The Bertz CT molecular complexity index is 953. The Labute approximate surface area is 191 Å². The molecule has 2 fully saturated rings. The summed E-state index contributed by atoms with van der Waals surface area (Å²) in [5.74, 6) is 1.82. The van der Waals surface area contributed by atoms with E-state index in [1.54, 1.807) is 14.2 Å². The molecule has 2 aromatic carbocycles. The Morgan fingerprint density at radius 3 is 2.50 bits per heavy atom. The number of piperazine rings is 1. The number of aryl methyl sites for hydroxylation is 1. The molecule has 1 amide bonds. The first-order chi connectivity index (χ1) is 15.5. The number of likely N-dealkylation sites (tertiary alicyclic amines) is 1. The highest BCUT2D eigenvalue weighted by Gasteiger charge is 2.33. The summed E-state index contributed by atoms with van der Waals surface area (Å²) in [6, 6.07) is 12.4. The van der Waals surface area contributed by atoms with E-state index in [4.69, 9.17) is 9.47 Å². The summed E-state index contributed by atoms with van der Waals surface area (Å²) < 4.78 is 11.0. The average molecular weight is 438 g/mol. The second-order valence-electron chi connectivity index (χ2n) is 8.84. The third-order valence-corrected chi connectivity index (χ3v) is 7.02. The van der Waals surface area contributed by atoms with E-state index >= 15 is 0 Å². The fraction of sp³-hybridized carbons (Fsp3) is 0.500. The molecule has 2 aliphatic heterocycles. The Hall–Kier alpha value is -2.73. The van der Waals surface area contributed by atoms with Crippen LogP contribution >= 0.6 is 0 Å². The zero-order valence-corrected chi connectivity index (χ0v) is 19.8. The second kappa shape index (κ2) is 9.82. The number of nitrogens with zero attached hydrogens (tertiary/aromatic N) is 3. The molecule has 0 N–H and O–H groups in total. The molecule has 2 aliphatic rings. The number of amides is 1. The van der Waals surface area contributed by atoms with Crippen LogP contribution in [0.4, 0.5) is 5.69 Å². The summed E-state index contributed by atoms with van der Waals surface area (Å²) in [5.41, 5.74) is 5.04. The number of hydrogen-bond acceptors (Lipinski definition) is 5. The molecule has 6 heteroatoms. The van der Waals surface area contributed by atoms with Gasteiger partial charge in [0, 0.05) is 44.0 Å². The van der Waals surface area contributed by atoms with Gasteiger partial charge in [-0.3, -0.25) is 9.69 Å². The summed E-state index contributed by atoms with van der Waals surface area (Å²) in [4.78, 5) is 20.1. The van der Waals surface area contributed by atoms with Crippen molar-refractivity contribution in [2.45, 2.75) is 32.7 Å². The van der Waals surface area contributed by atoms with Gasteiger partial charge in [-0.05, 0) is 62.1 Å². The number of anilines is 1. The first-order valence-corrected chi connectivity index (χ1v) is 11.6. The van der Waals surface area contributed by atoms with Crippen molar-refractivity contribution in [2.75, 3.05) is 58.4 Å². The normalized spacial score (nSPS) is 19.3. The van der Waals surface area contributed by atoms with Crippen LogP contribution in [0.5, 0.6) is 11.5 Å². The lowest BCUT2D eigenvalue weighted by atomic mass is 10.0. The molecular weight excluding hydrogens is 402 g/mol. The van der Waals surface area contributed by atoms with Gasteiger partial charge in [0.25, 0.3) is 0 Å². The maximum atomic E-state index is 13.3. The molecule has 0 bridgehead atoms. The van der Waals surface area contributed by atoms with E-state index in [9.17, 15) is 4.79 Å². The highest BCUT2D eigenvalue weighted by molar-refractivity contribution is 5.79. The molecule has 0 aliphatic carbocycles. The van der Waals surface area contributed by atoms with Crippen LogP contribution in [-0.2, 0) is 4.79 Å². The van der Waals surface area contributed by atoms with Crippen molar-refractivity contribution in [1.29, 1.82) is 0 Å². The number of ether oxygens (including phenoxy) is 2. The molecule has 4 rings (SSSR count). The van der Waals surface area contributed by atoms with Crippen molar-refractivity contribution in [2.24, 2.45) is 0 Å². The minimum Gasteiger partial charge on any atom is -0.497 e. The van der Waals surface area contributed by atoms with Gasteiger partial charge in [-0.1, -0.05) is 12.1 Å². The van der Waals surface area contributed by atoms with Crippen LogP contribution in [0.3, 0.4) is 0 Å². The van der Waals surface area contributed by atoms with E-state index in [1.807, 2.05) is 23.1 Å². The SMILES string of the molecule is COc1ccc(OC)c(C2CCCN2C(=O)CN2CCN(c3cccc(C)c3C)CC2)c1. The van der Waals surface area contributed by atoms with Crippen LogP contribution in [-0.4, -0.2) is 69.2 Å². The van der Waals surface area contributed by atoms with Gasteiger partial charge in [0.05, 0.1) is 26.8 Å². The van der Waals surface area contributed by atoms with Gasteiger partial charge in [0.15, 0.2) is 0 Å². The highest BCUT2D eigenvalue weighted by Crippen LogP contribution is 2.39. The minimum atomic E-state index is 0.0452. The van der Waals surface area contributed by atoms with Crippen LogP contribution in [0.15, 0.2) is 36.4 Å². The monoisotopic (exact) mass is 437 g/mol. The molecule has 6 nitrogen and oxygen atoms in total. The number of benzene rings is 2. The van der Waals surface area contributed by atoms with Crippen LogP contribution in [0.2, 0.25) is 0 Å². The Morgan fingerprint density at radius 1 is 1.00 bits per heavy atom. The maximum absolute atomic E-state index is 13.3. The van der Waals surface area contributed by atoms with Crippen LogP contribution in [0.1, 0.15) is 35.6 Å². The van der Waals surface area contributed by atoms with Gasteiger partial charge >= 0.3 is 0 Å². The first kappa shape index (κ1) is 22.5. The zero-order chi connectivity index (χ0) is 22.7.